The number of rotatable bonds is 4. The fraction of sp³-hybridized carbons (Fsp3) is 0.529. The summed E-state index contributed by atoms with van der Waals surface area (Å²) in [6, 6.07) is 5.08. The first-order valence-corrected chi connectivity index (χ1v) is 8.15. The van der Waals surface area contributed by atoms with Crippen molar-refractivity contribution < 1.29 is 8.91 Å². The van der Waals surface area contributed by atoms with Gasteiger partial charge in [0.1, 0.15) is 5.82 Å². The Labute approximate surface area is 136 Å². The van der Waals surface area contributed by atoms with Gasteiger partial charge in [-0.1, -0.05) is 24.2 Å². The van der Waals surface area contributed by atoms with E-state index in [1.807, 2.05) is 6.07 Å². The molecule has 2 heterocycles. The Morgan fingerprint density at radius 1 is 1.26 bits per heavy atom. The van der Waals surface area contributed by atoms with Crippen molar-refractivity contribution >= 4 is 0 Å². The van der Waals surface area contributed by atoms with Crippen LogP contribution in [0.5, 0.6) is 0 Å². The minimum absolute atomic E-state index is 0.0746. The summed E-state index contributed by atoms with van der Waals surface area (Å²) in [5.41, 5.74) is 1.26. The molecule has 0 N–H and O–H groups in total. The monoisotopic (exact) mass is 318 g/mol. The van der Waals surface area contributed by atoms with Gasteiger partial charge in [0.05, 0.1) is 6.04 Å². The number of aromatic nitrogens is 2. The van der Waals surface area contributed by atoms with E-state index < -0.39 is 0 Å². The summed E-state index contributed by atoms with van der Waals surface area (Å²) in [5, 5.41) is 4.01. The van der Waals surface area contributed by atoms with Crippen molar-refractivity contribution in [1.82, 2.24) is 19.9 Å². The molecular formula is C17H23FN4O. The minimum Gasteiger partial charge on any atom is -0.337 e. The number of hydrogen-bond acceptors (Lipinski definition) is 5. The average Bonchev–Trinajstić information content (AvgIpc) is 3.07. The first-order chi connectivity index (χ1) is 11.1. The molecule has 1 aromatic heterocycles. The van der Waals surface area contributed by atoms with E-state index >= 15 is 0 Å². The molecule has 0 unspecified atom stereocenters. The van der Waals surface area contributed by atoms with Crippen molar-refractivity contribution in [3.05, 3.63) is 35.5 Å². The van der Waals surface area contributed by atoms with E-state index in [9.17, 15) is 4.39 Å². The number of aryl methyl sites for hydroxylation is 1. The third kappa shape index (κ3) is 3.43. The van der Waals surface area contributed by atoms with Crippen molar-refractivity contribution in [2.45, 2.75) is 26.8 Å². The van der Waals surface area contributed by atoms with Gasteiger partial charge in [-0.2, -0.15) is 4.98 Å². The van der Waals surface area contributed by atoms with E-state index in [2.05, 4.69) is 33.8 Å². The van der Waals surface area contributed by atoms with Crippen LogP contribution in [0.4, 0.5) is 4.39 Å². The Morgan fingerprint density at radius 3 is 2.65 bits per heavy atom. The van der Waals surface area contributed by atoms with Crippen LogP contribution in [-0.4, -0.2) is 52.7 Å². The number of halogens is 1. The third-order valence-corrected chi connectivity index (χ3v) is 4.63. The zero-order chi connectivity index (χ0) is 16.4. The normalized spacial score (nSPS) is 18.3. The fourth-order valence-corrected chi connectivity index (χ4v) is 2.88. The lowest BCUT2D eigenvalue weighted by molar-refractivity contribution is 0.0914. The second-order valence-corrected chi connectivity index (χ2v) is 6.07. The van der Waals surface area contributed by atoms with E-state index in [0.717, 1.165) is 32.7 Å². The van der Waals surface area contributed by atoms with Crippen molar-refractivity contribution in [2.24, 2.45) is 0 Å². The minimum atomic E-state index is -0.252. The highest BCUT2D eigenvalue weighted by molar-refractivity contribution is 5.54. The molecule has 5 nitrogen and oxygen atoms in total. The van der Waals surface area contributed by atoms with Crippen LogP contribution in [0.1, 0.15) is 31.3 Å². The van der Waals surface area contributed by atoms with Crippen LogP contribution in [0.25, 0.3) is 11.4 Å². The molecule has 2 aromatic rings. The predicted octanol–water partition coefficient (Wildman–Crippen LogP) is 2.88. The second-order valence-electron chi connectivity index (χ2n) is 6.07. The molecule has 0 aliphatic carbocycles. The second kappa shape index (κ2) is 6.76. The van der Waals surface area contributed by atoms with Crippen molar-refractivity contribution in [2.75, 3.05) is 32.7 Å². The number of benzene rings is 1. The number of piperazine rings is 1. The summed E-state index contributed by atoms with van der Waals surface area (Å²) in [6.07, 6.45) is 0. The summed E-state index contributed by atoms with van der Waals surface area (Å²) >= 11 is 0. The molecule has 23 heavy (non-hydrogen) atoms. The Bertz CT molecular complexity index is 664. The molecule has 1 fully saturated rings. The van der Waals surface area contributed by atoms with Gasteiger partial charge in [-0.3, -0.25) is 4.90 Å². The molecule has 1 aliphatic heterocycles. The summed E-state index contributed by atoms with van der Waals surface area (Å²) in [4.78, 5) is 9.24. The Hall–Kier alpha value is -1.79. The van der Waals surface area contributed by atoms with Crippen LogP contribution in [0.15, 0.2) is 22.7 Å². The van der Waals surface area contributed by atoms with Gasteiger partial charge in [-0.25, -0.2) is 4.39 Å². The lowest BCUT2D eigenvalue weighted by Gasteiger charge is -2.36. The molecule has 0 amide bonds. The molecule has 1 atom stereocenters. The first kappa shape index (κ1) is 16.1. The molecule has 3 rings (SSSR count). The Kier molecular flexibility index (Phi) is 4.73. The van der Waals surface area contributed by atoms with E-state index in [0.29, 0.717) is 22.8 Å². The SMILES string of the molecule is CCN1CCN([C@@H](C)c2nc(-c3ccc(C)c(F)c3)no2)CC1. The van der Waals surface area contributed by atoms with E-state index in [-0.39, 0.29) is 11.9 Å². The summed E-state index contributed by atoms with van der Waals surface area (Å²) in [7, 11) is 0. The van der Waals surface area contributed by atoms with Gasteiger partial charge in [0.25, 0.3) is 0 Å². The molecule has 0 bridgehead atoms. The van der Waals surface area contributed by atoms with Gasteiger partial charge < -0.3 is 9.42 Å². The van der Waals surface area contributed by atoms with Gasteiger partial charge in [-0.05, 0) is 32.0 Å². The summed E-state index contributed by atoms with van der Waals surface area (Å²) in [6.45, 7) is 11.2. The highest BCUT2D eigenvalue weighted by Gasteiger charge is 2.25. The van der Waals surface area contributed by atoms with Crippen molar-refractivity contribution in [3.63, 3.8) is 0 Å². The molecule has 0 radical (unpaired) electrons. The molecule has 1 aliphatic rings. The van der Waals surface area contributed by atoms with Gasteiger partial charge in [0, 0.05) is 31.7 Å². The largest absolute Gasteiger partial charge is 0.337 e. The lowest BCUT2D eigenvalue weighted by Crippen LogP contribution is -2.46. The average molecular weight is 318 g/mol. The molecule has 0 spiro atoms. The maximum Gasteiger partial charge on any atom is 0.244 e. The van der Waals surface area contributed by atoms with Gasteiger partial charge in [0.15, 0.2) is 0 Å². The summed E-state index contributed by atoms with van der Waals surface area (Å²) < 4.78 is 19.1. The zero-order valence-electron chi connectivity index (χ0n) is 13.9. The molecule has 1 aromatic carbocycles. The van der Waals surface area contributed by atoms with Crippen molar-refractivity contribution in [3.8, 4) is 11.4 Å². The van der Waals surface area contributed by atoms with E-state index in [4.69, 9.17) is 4.52 Å². The topological polar surface area (TPSA) is 45.4 Å². The molecule has 124 valence electrons. The highest BCUT2D eigenvalue weighted by atomic mass is 19.1. The van der Waals surface area contributed by atoms with E-state index in [1.54, 1.807) is 13.0 Å². The smallest absolute Gasteiger partial charge is 0.244 e. The van der Waals surface area contributed by atoms with Crippen molar-refractivity contribution in [1.29, 1.82) is 0 Å². The van der Waals surface area contributed by atoms with Gasteiger partial charge >= 0.3 is 0 Å². The summed E-state index contributed by atoms with van der Waals surface area (Å²) in [5.74, 6) is 0.779. The number of likely N-dealkylation sites (N-methyl/N-ethyl adjacent to an activating group) is 1. The predicted molar refractivity (Wildman–Crippen MR) is 86.5 cm³/mol. The molecule has 6 heteroatoms. The fourth-order valence-electron chi connectivity index (χ4n) is 2.88. The van der Waals surface area contributed by atoms with Gasteiger partial charge in [-0.15, -0.1) is 0 Å². The van der Waals surface area contributed by atoms with Crippen LogP contribution in [-0.2, 0) is 0 Å². The standard InChI is InChI=1S/C17H23FN4O/c1-4-21-7-9-22(10-8-21)13(3)17-19-16(20-23-17)14-6-5-12(2)15(18)11-14/h5-6,11,13H,4,7-10H2,1-3H3/t13-/m0/s1. The molecule has 0 saturated carbocycles. The quantitative estimate of drug-likeness (QED) is 0.867. The zero-order valence-corrected chi connectivity index (χ0v) is 13.9. The number of hydrogen-bond donors (Lipinski definition) is 0. The van der Waals surface area contributed by atoms with Crippen LogP contribution >= 0.6 is 0 Å². The maximum absolute atomic E-state index is 13.7. The molecular weight excluding hydrogens is 295 g/mol. The van der Waals surface area contributed by atoms with Gasteiger partial charge in [0.2, 0.25) is 11.7 Å². The highest BCUT2D eigenvalue weighted by Crippen LogP contribution is 2.24. The Balaban J connectivity index is 1.72. The first-order valence-electron chi connectivity index (χ1n) is 8.15. The third-order valence-electron chi connectivity index (χ3n) is 4.63. The van der Waals surface area contributed by atoms with Crippen LogP contribution in [0.2, 0.25) is 0 Å². The maximum atomic E-state index is 13.7. The lowest BCUT2D eigenvalue weighted by atomic mass is 10.1. The van der Waals surface area contributed by atoms with Crippen LogP contribution < -0.4 is 0 Å². The Morgan fingerprint density at radius 2 is 2.00 bits per heavy atom. The van der Waals surface area contributed by atoms with E-state index in [1.165, 1.54) is 6.07 Å². The molecule has 1 saturated heterocycles. The van der Waals surface area contributed by atoms with Crippen LogP contribution in [0.3, 0.4) is 0 Å². The van der Waals surface area contributed by atoms with Crippen LogP contribution in [0, 0.1) is 12.7 Å². The number of nitrogens with zero attached hydrogens (tertiary/aromatic N) is 4.